The lowest BCUT2D eigenvalue weighted by Gasteiger charge is -2.34. The van der Waals surface area contributed by atoms with Crippen molar-refractivity contribution in [3.05, 3.63) is 120 Å². The third kappa shape index (κ3) is 9.41. The van der Waals surface area contributed by atoms with Crippen molar-refractivity contribution >= 4 is 45.9 Å². The van der Waals surface area contributed by atoms with E-state index in [0.29, 0.717) is 60.3 Å². The zero-order chi connectivity index (χ0) is 40.8. The highest BCUT2D eigenvalue weighted by atomic mass is 16.5. The molecule has 0 atom stereocenters. The number of likely N-dealkylation sites (tertiary alicyclic amines) is 1. The van der Waals surface area contributed by atoms with E-state index in [1.54, 1.807) is 24.2 Å². The minimum atomic E-state index is -0.406. The number of benzene rings is 3. The Hall–Kier alpha value is -6.38. The van der Waals surface area contributed by atoms with Gasteiger partial charge in [-0.05, 0) is 74.5 Å². The molecule has 0 saturated carbocycles. The second-order valence-corrected chi connectivity index (χ2v) is 15.7. The summed E-state index contributed by atoms with van der Waals surface area (Å²) < 4.78 is 13.4. The number of urea groups is 1. The van der Waals surface area contributed by atoms with Crippen LogP contribution in [0.2, 0.25) is 0 Å². The van der Waals surface area contributed by atoms with Gasteiger partial charge in [0, 0.05) is 54.7 Å². The Labute approximate surface area is 338 Å². The van der Waals surface area contributed by atoms with Crippen LogP contribution in [0.1, 0.15) is 60.9 Å². The van der Waals surface area contributed by atoms with Gasteiger partial charge in [-0.2, -0.15) is 5.10 Å². The number of carbonyl (C=O) groups is 2. The molecule has 1 saturated heterocycles. The van der Waals surface area contributed by atoms with Crippen molar-refractivity contribution < 1.29 is 19.1 Å². The molecule has 300 valence electrons. The van der Waals surface area contributed by atoms with E-state index in [1.165, 1.54) is 6.20 Å². The van der Waals surface area contributed by atoms with E-state index in [4.69, 9.17) is 14.6 Å². The third-order valence-corrected chi connectivity index (χ3v) is 10.1. The summed E-state index contributed by atoms with van der Waals surface area (Å²) in [6, 6.07) is 25.1. The van der Waals surface area contributed by atoms with E-state index < -0.39 is 6.03 Å². The highest BCUT2D eigenvalue weighted by molar-refractivity contribution is 6.07. The Morgan fingerprint density at radius 1 is 0.828 bits per heavy atom. The van der Waals surface area contributed by atoms with Crippen molar-refractivity contribution in [2.75, 3.05) is 50.2 Å². The quantitative estimate of drug-likeness (QED) is 0.112. The van der Waals surface area contributed by atoms with Gasteiger partial charge in [0.05, 0.1) is 36.1 Å². The van der Waals surface area contributed by atoms with Gasteiger partial charge >= 0.3 is 6.03 Å². The Kier molecular flexibility index (Phi) is 12.0. The van der Waals surface area contributed by atoms with Crippen LogP contribution >= 0.6 is 0 Å². The molecule has 1 aliphatic rings. The maximum absolute atomic E-state index is 13.6. The number of methoxy groups -OCH3 is 1. The Balaban J connectivity index is 1.000. The van der Waals surface area contributed by atoms with Crippen LogP contribution in [0.25, 0.3) is 16.5 Å². The summed E-state index contributed by atoms with van der Waals surface area (Å²) in [7, 11) is 5.81. The van der Waals surface area contributed by atoms with Crippen molar-refractivity contribution in [3.63, 3.8) is 0 Å². The molecule has 0 unspecified atom stereocenters. The van der Waals surface area contributed by atoms with Gasteiger partial charge in [-0.15, -0.1) is 0 Å². The van der Waals surface area contributed by atoms with Gasteiger partial charge < -0.3 is 29.9 Å². The fraction of sp³-hybridized carbons (Fsp3) is 0.318. The molecule has 1 fully saturated rings. The molecule has 0 spiro atoms. The van der Waals surface area contributed by atoms with E-state index in [2.05, 4.69) is 70.7 Å². The number of hydrogen-bond donors (Lipinski definition) is 3. The predicted molar refractivity (Wildman–Crippen MR) is 226 cm³/mol. The van der Waals surface area contributed by atoms with Crippen molar-refractivity contribution in [1.82, 2.24) is 34.5 Å². The van der Waals surface area contributed by atoms with Crippen LogP contribution in [-0.2, 0) is 23.4 Å². The van der Waals surface area contributed by atoms with Gasteiger partial charge in [0.1, 0.15) is 35.5 Å². The summed E-state index contributed by atoms with van der Waals surface area (Å²) in [5, 5.41) is 15.8. The minimum Gasteiger partial charge on any atom is -0.488 e. The molecule has 3 aromatic carbocycles. The van der Waals surface area contributed by atoms with E-state index in [1.807, 2.05) is 83.8 Å². The fourth-order valence-corrected chi connectivity index (χ4v) is 6.93. The van der Waals surface area contributed by atoms with Crippen molar-refractivity contribution in [1.29, 1.82) is 0 Å². The number of amides is 3. The van der Waals surface area contributed by atoms with Crippen LogP contribution in [0.5, 0.6) is 5.75 Å². The van der Waals surface area contributed by atoms with Crippen LogP contribution < -0.4 is 20.7 Å². The van der Waals surface area contributed by atoms with Crippen LogP contribution in [-0.4, -0.2) is 86.8 Å². The number of aromatic nitrogens is 5. The molecule has 0 bridgehead atoms. The van der Waals surface area contributed by atoms with Crippen LogP contribution in [0.3, 0.4) is 0 Å². The predicted octanol–water partition coefficient (Wildman–Crippen LogP) is 7.79. The standard InChI is InChI=1S/C44H50N10O4/c1-44(2,3)38-24-41(54(51-38)32-11-9-10-29(22-32)27-57-6)50-43(56)48-35-14-15-37(34-13-8-7-12-33(34)35)58-28-30-16-19-45-39(23-30)49-40-26-46-36(25-47-40)42(55)53-20-17-31(18-21-53)52(4)5/h7-16,19,22-26,31H,17-18,20-21,27-28H2,1-6H3,(H,45,47,49)(H2,48,50,56). The van der Waals surface area contributed by atoms with Gasteiger partial charge in [0.2, 0.25) is 0 Å². The number of nitrogens with one attached hydrogen (secondary N) is 3. The molecule has 14 nitrogen and oxygen atoms in total. The SMILES string of the molecule is COCc1cccc(-n2nc(C(C)(C)C)cc2NC(=O)Nc2ccc(OCc3ccnc(Nc4cnc(C(=O)N5CCC(N(C)C)CC5)cn4)c3)c3ccccc23)c1. The van der Waals surface area contributed by atoms with Gasteiger partial charge in [-0.3, -0.25) is 10.1 Å². The Bertz CT molecular complexity index is 2380. The first-order valence-electron chi connectivity index (χ1n) is 19.4. The monoisotopic (exact) mass is 782 g/mol. The molecule has 1 aliphatic heterocycles. The number of rotatable bonds is 12. The highest BCUT2D eigenvalue weighted by Crippen LogP contribution is 2.33. The lowest BCUT2D eigenvalue weighted by molar-refractivity contribution is 0.0657. The number of carbonyl (C=O) groups excluding carboxylic acids is 2. The summed E-state index contributed by atoms with van der Waals surface area (Å²) in [4.78, 5) is 44.0. The molecule has 3 N–H and O–H groups in total. The summed E-state index contributed by atoms with van der Waals surface area (Å²) in [5.41, 5.74) is 4.23. The molecule has 0 aliphatic carbocycles. The molecule has 3 amide bonds. The summed E-state index contributed by atoms with van der Waals surface area (Å²) in [5.74, 6) is 2.13. The third-order valence-electron chi connectivity index (χ3n) is 10.1. The minimum absolute atomic E-state index is 0.105. The molecule has 4 heterocycles. The van der Waals surface area contributed by atoms with Crippen LogP contribution in [0.15, 0.2) is 97.5 Å². The molecule has 7 rings (SSSR count). The highest BCUT2D eigenvalue weighted by Gasteiger charge is 2.26. The number of piperidine rings is 1. The number of nitrogens with zero attached hydrogens (tertiary/aromatic N) is 7. The zero-order valence-corrected chi connectivity index (χ0v) is 33.8. The Morgan fingerprint density at radius 3 is 2.33 bits per heavy atom. The number of hydrogen-bond acceptors (Lipinski definition) is 10. The van der Waals surface area contributed by atoms with Gasteiger partial charge in [-0.1, -0.05) is 57.2 Å². The average molecular weight is 783 g/mol. The lowest BCUT2D eigenvalue weighted by atomic mass is 9.92. The number of pyridine rings is 1. The Morgan fingerprint density at radius 2 is 1.60 bits per heavy atom. The summed E-state index contributed by atoms with van der Waals surface area (Å²) in [6.45, 7) is 8.39. The van der Waals surface area contributed by atoms with Crippen molar-refractivity contribution in [2.45, 2.75) is 58.3 Å². The number of anilines is 4. The summed E-state index contributed by atoms with van der Waals surface area (Å²) >= 11 is 0. The first kappa shape index (κ1) is 39.8. The van der Waals surface area contributed by atoms with Gasteiger partial charge in [0.15, 0.2) is 0 Å². The fourth-order valence-electron chi connectivity index (χ4n) is 6.93. The smallest absolute Gasteiger partial charge is 0.324 e. The van der Waals surface area contributed by atoms with E-state index in [9.17, 15) is 9.59 Å². The maximum Gasteiger partial charge on any atom is 0.324 e. The van der Waals surface area contributed by atoms with Crippen molar-refractivity contribution in [2.24, 2.45) is 0 Å². The van der Waals surface area contributed by atoms with E-state index in [0.717, 1.165) is 46.1 Å². The lowest BCUT2D eigenvalue weighted by Crippen LogP contribution is -2.44. The second kappa shape index (κ2) is 17.4. The van der Waals surface area contributed by atoms with Gasteiger partial charge in [0.25, 0.3) is 5.91 Å². The number of ether oxygens (including phenoxy) is 2. The maximum atomic E-state index is 13.6. The van der Waals surface area contributed by atoms with Crippen LogP contribution in [0, 0.1) is 0 Å². The average Bonchev–Trinajstić information content (AvgIpc) is 3.65. The molecule has 58 heavy (non-hydrogen) atoms. The summed E-state index contributed by atoms with van der Waals surface area (Å²) in [6.07, 6.45) is 6.63. The zero-order valence-electron chi connectivity index (χ0n) is 33.8. The largest absolute Gasteiger partial charge is 0.488 e. The molecular formula is C44H50N10O4. The molecule has 6 aromatic rings. The molecular weight excluding hydrogens is 733 g/mol. The topological polar surface area (TPSA) is 152 Å². The van der Waals surface area contributed by atoms with E-state index >= 15 is 0 Å². The first-order valence-corrected chi connectivity index (χ1v) is 19.4. The first-order chi connectivity index (χ1) is 27.9. The van der Waals surface area contributed by atoms with E-state index in [-0.39, 0.29) is 17.9 Å². The molecule has 0 radical (unpaired) electrons. The van der Waals surface area contributed by atoms with Crippen LogP contribution in [0.4, 0.5) is 27.9 Å². The molecule has 14 heteroatoms. The van der Waals surface area contributed by atoms with Crippen molar-refractivity contribution in [3.8, 4) is 11.4 Å². The van der Waals surface area contributed by atoms with Gasteiger partial charge in [-0.25, -0.2) is 24.4 Å². The molecule has 3 aromatic heterocycles. The number of fused-ring (bicyclic) bond motifs is 1. The second-order valence-electron chi connectivity index (χ2n) is 15.7. The normalized spacial score (nSPS) is 13.5.